The number of hydrogen-bond donors (Lipinski definition) is 4. The van der Waals surface area contributed by atoms with Crippen LogP contribution in [0.4, 0.5) is 0 Å². The minimum absolute atomic E-state index is 0.103. The lowest BCUT2D eigenvalue weighted by Crippen LogP contribution is -2.43. The number of aromatic nitrogens is 4. The van der Waals surface area contributed by atoms with Gasteiger partial charge in [-0.1, -0.05) is 0 Å². The van der Waals surface area contributed by atoms with Crippen LogP contribution >= 0.6 is 0 Å². The standard InChI is InChI=1S/C11H14N4O5/c1-11(8(18)7(17)5(2-16)20-11)15-4-14-6-9(15)12-3-13-10(6)19/h3-5,7-8,16-18H,2H2,1H3,(H,12,13,19)/t5-,7+,8?,11-/m1/s1. The minimum Gasteiger partial charge on any atom is -0.394 e. The highest BCUT2D eigenvalue weighted by atomic mass is 16.6. The summed E-state index contributed by atoms with van der Waals surface area (Å²) in [5.41, 5.74) is -1.46. The summed E-state index contributed by atoms with van der Waals surface area (Å²) in [6.45, 7) is 1.09. The van der Waals surface area contributed by atoms with E-state index in [1.54, 1.807) is 0 Å². The molecular formula is C11H14N4O5. The molecule has 9 heteroatoms. The van der Waals surface area contributed by atoms with E-state index in [2.05, 4.69) is 15.0 Å². The van der Waals surface area contributed by atoms with Gasteiger partial charge in [0.1, 0.15) is 18.3 Å². The molecule has 0 aromatic carbocycles. The van der Waals surface area contributed by atoms with Crippen molar-refractivity contribution in [2.45, 2.75) is 31.0 Å². The summed E-state index contributed by atoms with van der Waals surface area (Å²) in [6.07, 6.45) is -0.937. The van der Waals surface area contributed by atoms with Gasteiger partial charge in [-0.05, 0) is 6.92 Å². The highest BCUT2D eigenvalue weighted by Crippen LogP contribution is 2.36. The first-order valence-corrected chi connectivity index (χ1v) is 6.05. The molecule has 1 fully saturated rings. The van der Waals surface area contributed by atoms with Crippen LogP contribution in [-0.2, 0) is 10.5 Å². The third kappa shape index (κ3) is 1.61. The molecule has 4 atom stereocenters. The van der Waals surface area contributed by atoms with E-state index in [0.29, 0.717) is 0 Å². The fraction of sp³-hybridized carbons (Fsp3) is 0.545. The first-order valence-electron chi connectivity index (χ1n) is 6.05. The Labute approximate surface area is 112 Å². The summed E-state index contributed by atoms with van der Waals surface area (Å²) < 4.78 is 6.91. The van der Waals surface area contributed by atoms with Gasteiger partial charge in [0.05, 0.1) is 19.3 Å². The number of aliphatic hydroxyl groups excluding tert-OH is 3. The van der Waals surface area contributed by atoms with Crippen molar-refractivity contribution in [3.63, 3.8) is 0 Å². The number of hydrogen-bond acceptors (Lipinski definition) is 7. The maximum Gasteiger partial charge on any atom is 0.278 e. The molecule has 2 aromatic rings. The van der Waals surface area contributed by atoms with Crippen LogP contribution in [0.3, 0.4) is 0 Å². The quantitative estimate of drug-likeness (QED) is 0.496. The van der Waals surface area contributed by atoms with E-state index in [1.807, 2.05) is 0 Å². The summed E-state index contributed by atoms with van der Waals surface area (Å²) in [6, 6.07) is 0. The van der Waals surface area contributed by atoms with E-state index in [-0.39, 0.29) is 11.2 Å². The van der Waals surface area contributed by atoms with Crippen LogP contribution in [0.15, 0.2) is 17.4 Å². The summed E-state index contributed by atoms with van der Waals surface area (Å²) in [5.74, 6) is 0. The third-order valence-electron chi connectivity index (χ3n) is 3.64. The van der Waals surface area contributed by atoms with E-state index in [1.165, 1.54) is 24.1 Å². The van der Waals surface area contributed by atoms with Crippen molar-refractivity contribution in [2.24, 2.45) is 0 Å². The van der Waals surface area contributed by atoms with E-state index >= 15 is 0 Å². The smallest absolute Gasteiger partial charge is 0.278 e. The topological polar surface area (TPSA) is 133 Å². The molecule has 3 heterocycles. The number of imidazole rings is 1. The van der Waals surface area contributed by atoms with Gasteiger partial charge in [0.15, 0.2) is 16.9 Å². The van der Waals surface area contributed by atoms with Gasteiger partial charge in [0.25, 0.3) is 5.56 Å². The molecule has 1 saturated heterocycles. The second kappa shape index (κ2) is 4.35. The summed E-state index contributed by atoms with van der Waals surface area (Å²) in [7, 11) is 0. The molecule has 20 heavy (non-hydrogen) atoms. The first kappa shape index (κ1) is 13.2. The van der Waals surface area contributed by atoms with Gasteiger partial charge < -0.3 is 25.0 Å². The molecule has 108 valence electrons. The summed E-state index contributed by atoms with van der Waals surface area (Å²) >= 11 is 0. The molecule has 0 saturated carbocycles. The number of fused-ring (bicyclic) bond motifs is 1. The van der Waals surface area contributed by atoms with Crippen LogP contribution in [0.1, 0.15) is 6.92 Å². The van der Waals surface area contributed by atoms with E-state index in [9.17, 15) is 15.0 Å². The van der Waals surface area contributed by atoms with Gasteiger partial charge in [-0.2, -0.15) is 0 Å². The van der Waals surface area contributed by atoms with Crippen LogP contribution in [0, 0.1) is 0 Å². The molecule has 0 radical (unpaired) electrons. The number of nitrogens with one attached hydrogen (secondary N) is 1. The lowest BCUT2D eigenvalue weighted by Gasteiger charge is -2.29. The molecule has 3 rings (SSSR count). The largest absolute Gasteiger partial charge is 0.394 e. The Morgan fingerprint density at radius 2 is 2.25 bits per heavy atom. The van der Waals surface area contributed by atoms with Gasteiger partial charge in [0, 0.05) is 0 Å². The fourth-order valence-corrected chi connectivity index (χ4v) is 2.48. The number of nitrogens with zero attached hydrogens (tertiary/aromatic N) is 3. The second-order valence-corrected chi connectivity index (χ2v) is 4.85. The highest BCUT2D eigenvalue weighted by Gasteiger charge is 2.52. The van der Waals surface area contributed by atoms with Gasteiger partial charge in [-0.15, -0.1) is 0 Å². The van der Waals surface area contributed by atoms with E-state index in [0.717, 1.165) is 0 Å². The van der Waals surface area contributed by atoms with Gasteiger partial charge in [-0.25, -0.2) is 9.97 Å². The van der Waals surface area contributed by atoms with Crippen molar-refractivity contribution >= 4 is 11.2 Å². The highest BCUT2D eigenvalue weighted by molar-refractivity contribution is 5.69. The maximum atomic E-state index is 11.6. The Morgan fingerprint density at radius 1 is 1.50 bits per heavy atom. The minimum atomic E-state index is -1.37. The molecular weight excluding hydrogens is 268 g/mol. The molecule has 0 aliphatic carbocycles. The van der Waals surface area contributed by atoms with Crippen molar-refractivity contribution in [3.05, 3.63) is 23.0 Å². The predicted molar refractivity (Wildman–Crippen MR) is 65.8 cm³/mol. The number of aromatic amines is 1. The monoisotopic (exact) mass is 282 g/mol. The predicted octanol–water partition coefficient (Wildman–Crippen LogP) is -2.09. The van der Waals surface area contributed by atoms with Crippen molar-refractivity contribution < 1.29 is 20.1 Å². The average molecular weight is 282 g/mol. The maximum absolute atomic E-state index is 11.6. The molecule has 0 amide bonds. The average Bonchev–Trinajstić information content (AvgIpc) is 2.96. The zero-order valence-electron chi connectivity index (χ0n) is 10.6. The van der Waals surface area contributed by atoms with Gasteiger partial charge in [0.2, 0.25) is 0 Å². The Balaban J connectivity index is 2.15. The molecule has 0 spiro atoms. The number of ether oxygens (including phenoxy) is 1. The number of aliphatic hydroxyl groups is 3. The molecule has 1 unspecified atom stereocenters. The molecule has 2 aromatic heterocycles. The molecule has 4 N–H and O–H groups in total. The van der Waals surface area contributed by atoms with Crippen molar-refractivity contribution in [3.8, 4) is 0 Å². The molecule has 0 bridgehead atoms. The van der Waals surface area contributed by atoms with Gasteiger partial charge in [-0.3, -0.25) is 9.36 Å². The van der Waals surface area contributed by atoms with Crippen molar-refractivity contribution in [1.82, 2.24) is 19.5 Å². The fourth-order valence-electron chi connectivity index (χ4n) is 2.48. The lowest BCUT2D eigenvalue weighted by molar-refractivity contribution is -0.132. The molecule has 9 nitrogen and oxygen atoms in total. The normalized spacial score (nSPS) is 33.9. The number of H-pyrrole nitrogens is 1. The molecule has 1 aliphatic heterocycles. The Morgan fingerprint density at radius 3 is 2.90 bits per heavy atom. The van der Waals surface area contributed by atoms with Crippen LogP contribution in [0.5, 0.6) is 0 Å². The van der Waals surface area contributed by atoms with E-state index in [4.69, 9.17) is 9.84 Å². The Hall–Kier alpha value is -1.81. The van der Waals surface area contributed by atoms with Crippen LogP contribution in [0.25, 0.3) is 11.2 Å². The molecule has 1 aliphatic rings. The number of rotatable bonds is 2. The van der Waals surface area contributed by atoms with Crippen molar-refractivity contribution in [1.29, 1.82) is 0 Å². The zero-order chi connectivity index (χ0) is 14.5. The summed E-state index contributed by atoms with van der Waals surface area (Å²) in [4.78, 5) is 22.0. The first-order chi connectivity index (χ1) is 9.49. The third-order valence-corrected chi connectivity index (χ3v) is 3.64. The van der Waals surface area contributed by atoms with Gasteiger partial charge >= 0.3 is 0 Å². The van der Waals surface area contributed by atoms with Crippen LogP contribution < -0.4 is 5.56 Å². The van der Waals surface area contributed by atoms with Crippen molar-refractivity contribution in [2.75, 3.05) is 6.61 Å². The summed E-state index contributed by atoms with van der Waals surface area (Å²) in [5, 5.41) is 29.2. The van der Waals surface area contributed by atoms with Crippen LogP contribution in [-0.4, -0.2) is 59.8 Å². The lowest BCUT2D eigenvalue weighted by atomic mass is 10.0. The zero-order valence-corrected chi connectivity index (χ0v) is 10.6. The van der Waals surface area contributed by atoms with Crippen LogP contribution in [0.2, 0.25) is 0 Å². The second-order valence-electron chi connectivity index (χ2n) is 4.85. The Bertz CT molecular complexity index is 697. The SMILES string of the molecule is C[C@@]1(n2cnc3c(=O)[nH]cnc32)O[C@H](CO)[C@H](O)C1O. The Kier molecular flexibility index (Phi) is 2.87. The van der Waals surface area contributed by atoms with E-state index < -0.39 is 36.2 Å².